The van der Waals surface area contributed by atoms with Crippen LogP contribution in [-0.2, 0) is 14.9 Å². The van der Waals surface area contributed by atoms with Crippen LogP contribution in [0.1, 0.15) is 31.9 Å². The lowest BCUT2D eigenvalue weighted by Crippen LogP contribution is -2.49. The lowest BCUT2D eigenvalue weighted by Gasteiger charge is -2.43. The summed E-state index contributed by atoms with van der Waals surface area (Å²) in [4.78, 5) is 14.4. The van der Waals surface area contributed by atoms with E-state index in [1.54, 1.807) is 38.1 Å². The minimum atomic E-state index is -3.92. The number of amides is 1. The fourth-order valence-electron chi connectivity index (χ4n) is 3.63. The molecule has 34 heavy (non-hydrogen) atoms. The summed E-state index contributed by atoms with van der Waals surface area (Å²) in [5.41, 5.74) is 1.19. The first-order chi connectivity index (χ1) is 16.1. The molecule has 0 bridgehead atoms. The molecule has 2 aromatic carbocycles. The zero-order chi connectivity index (χ0) is 25.2. The van der Waals surface area contributed by atoms with Crippen molar-refractivity contribution in [1.82, 2.24) is 0 Å². The van der Waals surface area contributed by atoms with Crippen LogP contribution >= 0.6 is 0 Å². The average molecular weight is 492 g/mol. The van der Waals surface area contributed by atoms with Gasteiger partial charge < -0.3 is 23.1 Å². The standard InChI is InChI=1S/C24H29NO8S/c1-8-14(2)34(27,28)33-19-13-17(29-4)9-10-18(19)22-15(3)24(26)25(22)16-11-20(30-5)23(32-7)21(12-16)31-6/h9-14,22H,3,8H2,1-2,4-7H3. The molecule has 0 N–H and O–H groups in total. The molecule has 1 aliphatic heterocycles. The number of hydrogen-bond acceptors (Lipinski definition) is 8. The summed E-state index contributed by atoms with van der Waals surface area (Å²) in [5, 5.41) is -0.719. The molecule has 0 aliphatic carbocycles. The Morgan fingerprint density at radius 3 is 2.09 bits per heavy atom. The van der Waals surface area contributed by atoms with Crippen molar-refractivity contribution >= 4 is 21.7 Å². The number of methoxy groups -OCH3 is 4. The van der Waals surface area contributed by atoms with Gasteiger partial charge in [0.25, 0.3) is 5.91 Å². The highest BCUT2D eigenvalue weighted by Gasteiger charge is 2.45. The Bertz CT molecular complexity index is 1180. The summed E-state index contributed by atoms with van der Waals surface area (Å²) in [5.74, 6) is 1.26. The predicted octanol–water partition coefficient (Wildman–Crippen LogP) is 3.87. The second-order valence-electron chi connectivity index (χ2n) is 7.69. The van der Waals surface area contributed by atoms with E-state index in [1.165, 1.54) is 39.4 Å². The van der Waals surface area contributed by atoms with Gasteiger partial charge in [-0.2, -0.15) is 8.42 Å². The van der Waals surface area contributed by atoms with Gasteiger partial charge in [0.2, 0.25) is 5.75 Å². The van der Waals surface area contributed by atoms with Crippen molar-refractivity contribution in [3.05, 3.63) is 48.0 Å². The Morgan fingerprint density at radius 2 is 1.59 bits per heavy atom. The van der Waals surface area contributed by atoms with E-state index in [1.807, 2.05) is 0 Å². The fraction of sp³-hybridized carbons (Fsp3) is 0.375. The van der Waals surface area contributed by atoms with E-state index < -0.39 is 21.4 Å². The van der Waals surface area contributed by atoms with E-state index in [-0.39, 0.29) is 17.2 Å². The normalized spacial score (nSPS) is 16.5. The van der Waals surface area contributed by atoms with E-state index in [4.69, 9.17) is 23.1 Å². The minimum absolute atomic E-state index is 0.0655. The number of hydrogen-bond donors (Lipinski definition) is 0. The molecular weight excluding hydrogens is 462 g/mol. The number of benzene rings is 2. The van der Waals surface area contributed by atoms with Gasteiger partial charge in [-0.25, -0.2) is 0 Å². The third kappa shape index (κ3) is 4.37. The van der Waals surface area contributed by atoms with Crippen LogP contribution in [0.15, 0.2) is 42.5 Å². The van der Waals surface area contributed by atoms with Crippen LogP contribution in [0.3, 0.4) is 0 Å². The smallest absolute Gasteiger partial charge is 0.311 e. The average Bonchev–Trinajstić information content (AvgIpc) is 2.84. The van der Waals surface area contributed by atoms with E-state index >= 15 is 0 Å². The number of anilines is 1. The Balaban J connectivity index is 2.13. The Kier molecular flexibility index (Phi) is 7.30. The van der Waals surface area contributed by atoms with E-state index in [2.05, 4.69) is 6.58 Å². The van der Waals surface area contributed by atoms with Crippen LogP contribution in [0.25, 0.3) is 0 Å². The van der Waals surface area contributed by atoms with Gasteiger partial charge in [-0.1, -0.05) is 13.5 Å². The van der Waals surface area contributed by atoms with Gasteiger partial charge in [0.15, 0.2) is 17.2 Å². The number of rotatable bonds is 10. The lowest BCUT2D eigenvalue weighted by atomic mass is 9.87. The maximum atomic E-state index is 12.9. The highest BCUT2D eigenvalue weighted by atomic mass is 32.2. The molecule has 1 aliphatic rings. The third-order valence-corrected chi connectivity index (χ3v) is 7.53. The van der Waals surface area contributed by atoms with Gasteiger partial charge in [-0.15, -0.1) is 0 Å². The quantitative estimate of drug-likeness (QED) is 0.281. The molecule has 2 unspecified atom stereocenters. The molecule has 10 heteroatoms. The van der Waals surface area contributed by atoms with Crippen molar-refractivity contribution in [2.24, 2.45) is 0 Å². The molecule has 3 rings (SSSR count). The molecule has 1 fully saturated rings. The van der Waals surface area contributed by atoms with Crippen molar-refractivity contribution in [1.29, 1.82) is 0 Å². The van der Waals surface area contributed by atoms with Crippen LogP contribution in [-0.4, -0.2) is 48.0 Å². The van der Waals surface area contributed by atoms with Gasteiger partial charge in [0.05, 0.1) is 45.4 Å². The van der Waals surface area contributed by atoms with E-state index in [0.717, 1.165) is 0 Å². The maximum absolute atomic E-state index is 12.9. The fourth-order valence-corrected chi connectivity index (χ4v) is 4.60. The zero-order valence-electron chi connectivity index (χ0n) is 20.1. The highest BCUT2D eigenvalue weighted by Crippen LogP contribution is 2.50. The first kappa shape index (κ1) is 25.2. The van der Waals surface area contributed by atoms with Gasteiger partial charge in [0, 0.05) is 29.3 Å². The largest absolute Gasteiger partial charge is 0.497 e. The third-order valence-electron chi connectivity index (χ3n) is 5.80. The maximum Gasteiger partial charge on any atom is 0.311 e. The first-order valence-electron chi connectivity index (χ1n) is 10.6. The van der Waals surface area contributed by atoms with Gasteiger partial charge in [-0.05, 0) is 25.5 Å². The first-order valence-corrected chi connectivity index (χ1v) is 12.0. The van der Waals surface area contributed by atoms with Crippen LogP contribution in [0.2, 0.25) is 0 Å². The molecule has 9 nitrogen and oxygen atoms in total. The Hall–Kier alpha value is -3.40. The van der Waals surface area contributed by atoms with Crippen LogP contribution in [0.4, 0.5) is 5.69 Å². The molecule has 1 amide bonds. The van der Waals surface area contributed by atoms with Gasteiger partial charge in [-0.3, -0.25) is 9.69 Å². The summed E-state index contributed by atoms with van der Waals surface area (Å²) < 4.78 is 52.4. The topological polar surface area (TPSA) is 101 Å². The van der Waals surface area contributed by atoms with Gasteiger partial charge in [0.1, 0.15) is 5.75 Å². The van der Waals surface area contributed by atoms with Crippen molar-refractivity contribution in [2.75, 3.05) is 33.3 Å². The molecule has 0 saturated carbocycles. The second-order valence-corrected chi connectivity index (χ2v) is 9.64. The Labute approximate surface area is 199 Å². The van der Waals surface area contributed by atoms with E-state index in [0.29, 0.717) is 40.7 Å². The summed E-state index contributed by atoms with van der Waals surface area (Å²) in [7, 11) is 1.99. The van der Waals surface area contributed by atoms with Crippen LogP contribution < -0.4 is 28.0 Å². The molecule has 0 aromatic heterocycles. The second kappa shape index (κ2) is 9.84. The zero-order valence-corrected chi connectivity index (χ0v) is 20.9. The number of carbonyl (C=O) groups is 1. The van der Waals surface area contributed by atoms with Crippen molar-refractivity contribution in [3.63, 3.8) is 0 Å². The molecule has 184 valence electrons. The highest BCUT2D eigenvalue weighted by molar-refractivity contribution is 7.87. The molecule has 1 saturated heterocycles. The van der Waals surface area contributed by atoms with E-state index in [9.17, 15) is 13.2 Å². The van der Waals surface area contributed by atoms with Crippen LogP contribution in [0.5, 0.6) is 28.7 Å². The number of nitrogens with zero attached hydrogens (tertiary/aromatic N) is 1. The molecule has 2 atom stereocenters. The van der Waals surface area contributed by atoms with Crippen LogP contribution in [0, 0.1) is 0 Å². The number of β-lactam (4-membered cyclic amide) rings is 1. The molecular formula is C24H29NO8S. The minimum Gasteiger partial charge on any atom is -0.497 e. The van der Waals surface area contributed by atoms with Crippen molar-refractivity contribution in [2.45, 2.75) is 31.6 Å². The number of carbonyl (C=O) groups excluding carboxylic acids is 1. The summed E-state index contributed by atoms with van der Waals surface area (Å²) in [6.45, 7) is 7.24. The number of ether oxygens (including phenoxy) is 4. The monoisotopic (exact) mass is 491 g/mol. The molecule has 0 spiro atoms. The van der Waals surface area contributed by atoms with Crippen molar-refractivity contribution in [3.8, 4) is 28.7 Å². The summed E-state index contributed by atoms with van der Waals surface area (Å²) >= 11 is 0. The molecule has 1 heterocycles. The SMILES string of the molecule is C=C1C(=O)N(c2cc(OC)c(OC)c(OC)c2)C1c1ccc(OC)cc1OS(=O)(=O)C(C)CC. The predicted molar refractivity (Wildman–Crippen MR) is 128 cm³/mol. The summed E-state index contributed by atoms with van der Waals surface area (Å²) in [6.07, 6.45) is 0.383. The molecule has 0 radical (unpaired) electrons. The van der Waals surface area contributed by atoms with Crippen molar-refractivity contribution < 1.29 is 36.3 Å². The summed E-state index contributed by atoms with van der Waals surface area (Å²) in [6, 6.07) is 7.41. The molecule has 2 aromatic rings. The lowest BCUT2D eigenvalue weighted by molar-refractivity contribution is -0.118. The Morgan fingerprint density at radius 1 is 0.971 bits per heavy atom. The van der Waals surface area contributed by atoms with Gasteiger partial charge >= 0.3 is 10.1 Å².